The summed E-state index contributed by atoms with van der Waals surface area (Å²) >= 11 is 0. The van der Waals surface area contributed by atoms with Crippen LogP contribution in [0.15, 0.2) is 55.3 Å². The molecule has 4 heterocycles. The lowest BCUT2D eigenvalue weighted by Gasteiger charge is -2.36. The Morgan fingerprint density at radius 3 is 2.63 bits per heavy atom. The van der Waals surface area contributed by atoms with Crippen LogP contribution >= 0.6 is 0 Å². The minimum atomic E-state index is -3.40. The Morgan fingerprint density at radius 2 is 1.88 bits per heavy atom. The largest absolute Gasteiger partial charge is 0.490 e. The minimum absolute atomic E-state index is 0.0264. The molecule has 0 fully saturated rings. The molecule has 0 spiro atoms. The normalized spacial score (nSPS) is 18.1. The number of benzene rings is 2. The fourth-order valence-electron chi connectivity index (χ4n) is 7.04. The number of aryl methyl sites for hydroxylation is 1. The van der Waals surface area contributed by atoms with Gasteiger partial charge in [-0.15, -0.1) is 0 Å². The van der Waals surface area contributed by atoms with E-state index < -0.39 is 35.6 Å². The monoisotopic (exact) mass is 674 g/mol. The van der Waals surface area contributed by atoms with E-state index in [1.54, 1.807) is 39.5 Å². The summed E-state index contributed by atoms with van der Waals surface area (Å²) in [6.45, 7) is 7.69. The summed E-state index contributed by atoms with van der Waals surface area (Å²) in [6, 6.07) is 8.01. The van der Waals surface area contributed by atoms with Gasteiger partial charge in [-0.05, 0) is 44.0 Å². The molecule has 254 valence electrons. The van der Waals surface area contributed by atoms with Crippen LogP contribution in [0, 0.1) is 11.6 Å². The molecule has 13 heteroatoms. The van der Waals surface area contributed by atoms with Crippen LogP contribution in [0.25, 0.3) is 44.7 Å². The summed E-state index contributed by atoms with van der Waals surface area (Å²) in [5.74, 6) is -5.94. The SMILES string of the molecule is C=CC(=O)N1C[C@H](C)n2nc(-c3nc(-c4ccc5cn(C)nc5c4)c4c(c3-c3c(F)cc(F)cc3OCCOC)C(F)(F)CC4)cc2[C@H]1C. The van der Waals surface area contributed by atoms with Gasteiger partial charge in [-0.25, -0.2) is 22.5 Å². The second-order valence-electron chi connectivity index (χ2n) is 12.5. The molecule has 5 aromatic rings. The zero-order chi connectivity index (χ0) is 34.8. The Balaban J connectivity index is 1.55. The van der Waals surface area contributed by atoms with Crippen molar-refractivity contribution < 1.29 is 31.8 Å². The first-order chi connectivity index (χ1) is 23.4. The van der Waals surface area contributed by atoms with E-state index in [0.29, 0.717) is 35.1 Å². The number of carbonyl (C=O) groups excluding carboxylic acids is 1. The highest BCUT2D eigenvalue weighted by Gasteiger charge is 2.46. The van der Waals surface area contributed by atoms with Crippen molar-refractivity contribution in [2.45, 2.75) is 44.7 Å². The third-order valence-electron chi connectivity index (χ3n) is 9.30. The Hall–Kier alpha value is -5.04. The highest BCUT2D eigenvalue weighted by atomic mass is 19.3. The zero-order valence-corrected chi connectivity index (χ0v) is 27.4. The molecule has 2 atom stereocenters. The summed E-state index contributed by atoms with van der Waals surface area (Å²) in [7, 11) is 3.23. The van der Waals surface area contributed by atoms with E-state index in [-0.39, 0.29) is 65.4 Å². The quantitative estimate of drug-likeness (QED) is 0.0987. The molecule has 9 nitrogen and oxygen atoms in total. The topological polar surface area (TPSA) is 87.3 Å². The first-order valence-corrected chi connectivity index (χ1v) is 15.9. The van der Waals surface area contributed by atoms with Crippen molar-refractivity contribution in [1.29, 1.82) is 0 Å². The van der Waals surface area contributed by atoms with Crippen molar-refractivity contribution in [3.8, 4) is 39.5 Å². The number of amides is 1. The van der Waals surface area contributed by atoms with Crippen LogP contribution in [0.2, 0.25) is 0 Å². The molecule has 0 saturated carbocycles. The lowest BCUT2D eigenvalue weighted by atomic mass is 9.89. The van der Waals surface area contributed by atoms with Crippen LogP contribution in [0.1, 0.15) is 49.2 Å². The van der Waals surface area contributed by atoms with Crippen LogP contribution in [0.4, 0.5) is 17.6 Å². The number of nitrogens with zero attached hydrogens (tertiary/aromatic N) is 6. The number of hydrogen-bond acceptors (Lipinski definition) is 6. The Labute approximate surface area is 279 Å². The maximum Gasteiger partial charge on any atom is 0.274 e. The van der Waals surface area contributed by atoms with Crippen molar-refractivity contribution >= 4 is 16.8 Å². The van der Waals surface area contributed by atoms with E-state index in [4.69, 9.17) is 19.6 Å². The average molecular weight is 675 g/mol. The number of rotatable bonds is 8. The molecule has 2 aliphatic rings. The van der Waals surface area contributed by atoms with E-state index >= 15 is 13.2 Å². The predicted octanol–water partition coefficient (Wildman–Crippen LogP) is 7.16. The van der Waals surface area contributed by atoms with Gasteiger partial charge >= 0.3 is 0 Å². The second-order valence-corrected chi connectivity index (χ2v) is 12.5. The number of halogens is 4. The number of methoxy groups -OCH3 is 1. The van der Waals surface area contributed by atoms with Gasteiger partial charge in [0.05, 0.1) is 46.9 Å². The summed E-state index contributed by atoms with van der Waals surface area (Å²) in [4.78, 5) is 19.4. The number of hydrogen-bond donors (Lipinski definition) is 0. The molecule has 1 aliphatic heterocycles. The van der Waals surface area contributed by atoms with Gasteiger partial charge in [0, 0.05) is 67.5 Å². The number of alkyl halides is 2. The molecular weight excluding hydrogens is 640 g/mol. The number of fused-ring (bicyclic) bond motifs is 3. The average Bonchev–Trinajstić information content (AvgIpc) is 3.76. The number of aromatic nitrogens is 5. The van der Waals surface area contributed by atoms with Crippen molar-refractivity contribution in [1.82, 2.24) is 29.4 Å². The first kappa shape index (κ1) is 32.5. The maximum atomic E-state index is 16.3. The second kappa shape index (κ2) is 12.1. The molecule has 7 rings (SSSR count). The van der Waals surface area contributed by atoms with Crippen molar-refractivity contribution in [3.63, 3.8) is 0 Å². The molecule has 2 aromatic carbocycles. The van der Waals surface area contributed by atoms with Crippen LogP contribution < -0.4 is 4.74 Å². The van der Waals surface area contributed by atoms with Gasteiger partial charge in [0.1, 0.15) is 29.7 Å². The van der Waals surface area contributed by atoms with Gasteiger partial charge in [0.2, 0.25) is 5.91 Å². The Kier molecular flexibility index (Phi) is 8.05. The van der Waals surface area contributed by atoms with Gasteiger partial charge in [-0.3, -0.25) is 14.2 Å². The van der Waals surface area contributed by atoms with E-state index in [1.165, 1.54) is 13.2 Å². The van der Waals surface area contributed by atoms with Crippen LogP contribution in [-0.4, -0.2) is 62.2 Å². The molecule has 0 radical (unpaired) electrons. The molecule has 1 amide bonds. The lowest BCUT2D eigenvalue weighted by Crippen LogP contribution is -2.42. The van der Waals surface area contributed by atoms with Crippen LogP contribution in [0.3, 0.4) is 0 Å². The third kappa shape index (κ3) is 5.45. The molecule has 0 N–H and O–H groups in total. The molecule has 0 bridgehead atoms. The van der Waals surface area contributed by atoms with E-state index in [0.717, 1.165) is 11.5 Å². The Bertz CT molecular complexity index is 2140. The molecule has 3 aromatic heterocycles. The predicted molar refractivity (Wildman–Crippen MR) is 175 cm³/mol. The maximum absolute atomic E-state index is 16.3. The lowest BCUT2D eigenvalue weighted by molar-refractivity contribution is -0.129. The van der Waals surface area contributed by atoms with Crippen molar-refractivity contribution in [2.24, 2.45) is 7.05 Å². The number of pyridine rings is 1. The van der Waals surface area contributed by atoms with E-state index in [9.17, 15) is 9.18 Å². The summed E-state index contributed by atoms with van der Waals surface area (Å²) in [6.07, 6.45) is 2.52. The van der Waals surface area contributed by atoms with E-state index in [2.05, 4.69) is 11.7 Å². The molecule has 0 unspecified atom stereocenters. The summed E-state index contributed by atoms with van der Waals surface area (Å²) in [5.41, 5.74) is 1.56. The Morgan fingerprint density at radius 1 is 1.08 bits per heavy atom. The summed E-state index contributed by atoms with van der Waals surface area (Å²) in [5, 5.41) is 10.2. The first-order valence-electron chi connectivity index (χ1n) is 15.9. The zero-order valence-electron chi connectivity index (χ0n) is 27.4. The number of ether oxygens (including phenoxy) is 2. The van der Waals surface area contributed by atoms with E-state index in [1.807, 2.05) is 26.1 Å². The molecule has 49 heavy (non-hydrogen) atoms. The van der Waals surface area contributed by atoms with Gasteiger partial charge in [0.25, 0.3) is 5.92 Å². The van der Waals surface area contributed by atoms with Crippen molar-refractivity contribution in [3.05, 3.63) is 83.7 Å². The van der Waals surface area contributed by atoms with Crippen LogP contribution in [-0.2, 0) is 28.9 Å². The summed E-state index contributed by atoms with van der Waals surface area (Å²) < 4.78 is 77.7. The van der Waals surface area contributed by atoms with Crippen LogP contribution in [0.5, 0.6) is 5.75 Å². The van der Waals surface area contributed by atoms with Gasteiger partial charge < -0.3 is 14.4 Å². The smallest absolute Gasteiger partial charge is 0.274 e. The number of carbonyl (C=O) groups is 1. The molecule has 1 aliphatic carbocycles. The fraction of sp³-hybridized carbons (Fsp3) is 0.333. The van der Waals surface area contributed by atoms with Gasteiger partial charge in [-0.1, -0.05) is 18.7 Å². The third-order valence-corrected chi connectivity index (χ3v) is 9.30. The molecule has 0 saturated heterocycles. The highest BCUT2D eigenvalue weighted by Crippen LogP contribution is 2.54. The van der Waals surface area contributed by atoms with Crippen molar-refractivity contribution in [2.75, 3.05) is 26.9 Å². The minimum Gasteiger partial charge on any atom is -0.490 e. The highest BCUT2D eigenvalue weighted by molar-refractivity contribution is 5.92. The fourth-order valence-corrected chi connectivity index (χ4v) is 7.04. The van der Waals surface area contributed by atoms with Gasteiger partial charge in [-0.2, -0.15) is 10.2 Å². The standard InChI is InChI=1S/C36H34F4N6O3/c1-6-30(47)45-17-19(2)46-28(20(45)3)16-27(43-46)35-32(31-25(38)14-23(37)15-29(31)49-12-11-48-5)33-24(9-10-36(33,39)40)34(41-35)21-7-8-22-18-44(4)42-26(22)13-21/h6-8,13-16,18-20H,1,9-12,17H2,2-5H3/t19-,20+/m0/s1. The molecular formula is C36H34F4N6O3. The van der Waals surface area contributed by atoms with Gasteiger partial charge in [0.15, 0.2) is 0 Å².